The van der Waals surface area contributed by atoms with Gasteiger partial charge in [0.25, 0.3) is 0 Å². The second-order valence-corrected chi connectivity index (χ2v) is 8.77. The van der Waals surface area contributed by atoms with E-state index in [1.54, 1.807) is 7.11 Å². The molecule has 25 heavy (non-hydrogen) atoms. The number of carbonyl (C=O) groups is 1. The summed E-state index contributed by atoms with van der Waals surface area (Å²) < 4.78 is 5.45. The van der Waals surface area contributed by atoms with Gasteiger partial charge in [-0.1, -0.05) is 12.8 Å². The van der Waals surface area contributed by atoms with Crippen LogP contribution in [0.3, 0.4) is 0 Å². The summed E-state index contributed by atoms with van der Waals surface area (Å²) in [5, 5.41) is 9.59. The molecule has 1 aliphatic carbocycles. The minimum atomic E-state index is -0.720. The monoisotopic (exact) mass is 347 g/mol. The summed E-state index contributed by atoms with van der Waals surface area (Å²) in [6, 6.07) is 3.39. The van der Waals surface area contributed by atoms with Crippen LogP contribution in [-0.4, -0.2) is 61.1 Å². The summed E-state index contributed by atoms with van der Waals surface area (Å²) in [5.74, 6) is 0.106. The smallest absolute Gasteiger partial charge is 0.243 e. The first-order valence-electron chi connectivity index (χ1n) is 9.91. The number of amides is 1. The standard InChI is InChI=1S/C20H33N3O2/c1-16(2)23-15-19(12-17(23)13-25-3)8-10-22(11-9-19)18(24)20(14-21)6-4-5-7-20/h16-17H,4-13,15H2,1-3H3. The molecule has 2 saturated heterocycles. The summed E-state index contributed by atoms with van der Waals surface area (Å²) in [6.07, 6.45) is 6.82. The molecule has 0 bridgehead atoms. The van der Waals surface area contributed by atoms with Crippen LogP contribution < -0.4 is 0 Å². The van der Waals surface area contributed by atoms with Gasteiger partial charge in [0, 0.05) is 38.8 Å². The first-order chi connectivity index (χ1) is 12.0. The van der Waals surface area contributed by atoms with Crippen LogP contribution in [0.2, 0.25) is 0 Å². The second kappa shape index (κ2) is 7.25. The van der Waals surface area contributed by atoms with E-state index in [2.05, 4.69) is 24.8 Å². The first kappa shape index (κ1) is 18.7. The van der Waals surface area contributed by atoms with Crippen molar-refractivity contribution in [2.45, 2.75) is 70.9 Å². The third kappa shape index (κ3) is 3.44. The van der Waals surface area contributed by atoms with Crippen LogP contribution >= 0.6 is 0 Å². The fourth-order valence-electron chi connectivity index (χ4n) is 5.35. The van der Waals surface area contributed by atoms with Gasteiger partial charge in [0.1, 0.15) is 5.41 Å². The number of hydrogen-bond donors (Lipinski definition) is 0. The highest BCUT2D eigenvalue weighted by Crippen LogP contribution is 2.46. The Morgan fingerprint density at radius 2 is 1.88 bits per heavy atom. The molecule has 3 rings (SSSR count). The molecular weight excluding hydrogens is 314 g/mol. The number of likely N-dealkylation sites (tertiary alicyclic amines) is 2. The van der Waals surface area contributed by atoms with Crippen molar-refractivity contribution in [3.63, 3.8) is 0 Å². The van der Waals surface area contributed by atoms with Crippen LogP contribution in [0.4, 0.5) is 0 Å². The Morgan fingerprint density at radius 1 is 1.24 bits per heavy atom. The van der Waals surface area contributed by atoms with Gasteiger partial charge in [0.05, 0.1) is 12.7 Å². The van der Waals surface area contributed by atoms with Gasteiger partial charge in [-0.2, -0.15) is 5.26 Å². The number of carbonyl (C=O) groups excluding carboxylic acids is 1. The van der Waals surface area contributed by atoms with Crippen molar-refractivity contribution in [3.8, 4) is 6.07 Å². The predicted octanol–water partition coefficient (Wildman–Crippen LogP) is 2.81. The van der Waals surface area contributed by atoms with Gasteiger partial charge in [0.15, 0.2) is 0 Å². The second-order valence-electron chi connectivity index (χ2n) is 8.77. The highest BCUT2D eigenvalue weighted by molar-refractivity contribution is 5.86. The number of hydrogen-bond acceptors (Lipinski definition) is 4. The van der Waals surface area contributed by atoms with E-state index in [-0.39, 0.29) is 5.91 Å². The van der Waals surface area contributed by atoms with Crippen LogP contribution in [0.15, 0.2) is 0 Å². The lowest BCUT2D eigenvalue weighted by Gasteiger charge is -2.41. The Kier molecular flexibility index (Phi) is 5.41. The van der Waals surface area contributed by atoms with E-state index < -0.39 is 5.41 Å². The Bertz CT molecular complexity index is 526. The lowest BCUT2D eigenvalue weighted by molar-refractivity contribution is -0.141. The fraction of sp³-hybridized carbons (Fsp3) is 0.900. The molecule has 0 aromatic heterocycles. The van der Waals surface area contributed by atoms with Crippen LogP contribution in [-0.2, 0) is 9.53 Å². The van der Waals surface area contributed by atoms with E-state index in [9.17, 15) is 10.1 Å². The summed E-state index contributed by atoms with van der Waals surface area (Å²) in [5.41, 5.74) is -0.400. The number of piperidine rings is 1. The van der Waals surface area contributed by atoms with Crippen LogP contribution in [0, 0.1) is 22.2 Å². The van der Waals surface area contributed by atoms with Crippen molar-refractivity contribution in [1.29, 1.82) is 5.26 Å². The van der Waals surface area contributed by atoms with Crippen LogP contribution in [0.1, 0.15) is 58.8 Å². The zero-order chi connectivity index (χ0) is 18.1. The minimum Gasteiger partial charge on any atom is -0.383 e. The van der Waals surface area contributed by atoms with Crippen molar-refractivity contribution in [2.75, 3.05) is 33.4 Å². The van der Waals surface area contributed by atoms with E-state index >= 15 is 0 Å². The van der Waals surface area contributed by atoms with Gasteiger partial charge in [-0.25, -0.2) is 0 Å². The molecule has 5 heteroatoms. The van der Waals surface area contributed by atoms with E-state index in [0.29, 0.717) is 17.5 Å². The molecule has 2 heterocycles. The molecule has 3 fully saturated rings. The van der Waals surface area contributed by atoms with E-state index in [0.717, 1.165) is 64.8 Å². The third-order valence-corrected chi connectivity index (χ3v) is 6.87. The van der Waals surface area contributed by atoms with E-state index in [1.165, 1.54) is 6.42 Å². The highest BCUT2D eigenvalue weighted by atomic mass is 16.5. The lowest BCUT2D eigenvalue weighted by Crippen LogP contribution is -2.49. The topological polar surface area (TPSA) is 56.6 Å². The molecule has 0 aromatic carbocycles. The minimum absolute atomic E-state index is 0.106. The van der Waals surface area contributed by atoms with Gasteiger partial charge in [-0.15, -0.1) is 0 Å². The summed E-state index contributed by atoms with van der Waals surface area (Å²) in [6.45, 7) is 8.06. The summed E-state index contributed by atoms with van der Waals surface area (Å²) in [7, 11) is 1.79. The van der Waals surface area contributed by atoms with Crippen molar-refractivity contribution in [3.05, 3.63) is 0 Å². The molecule has 1 amide bonds. The van der Waals surface area contributed by atoms with Crippen molar-refractivity contribution in [1.82, 2.24) is 9.80 Å². The number of nitriles is 1. The molecule has 1 saturated carbocycles. The van der Waals surface area contributed by atoms with Crippen LogP contribution in [0.25, 0.3) is 0 Å². The maximum absolute atomic E-state index is 13.0. The Morgan fingerprint density at radius 3 is 2.40 bits per heavy atom. The molecule has 3 aliphatic rings. The van der Waals surface area contributed by atoms with Crippen molar-refractivity contribution >= 4 is 5.91 Å². The summed E-state index contributed by atoms with van der Waals surface area (Å²) in [4.78, 5) is 17.5. The van der Waals surface area contributed by atoms with Gasteiger partial charge in [-0.3, -0.25) is 9.69 Å². The van der Waals surface area contributed by atoms with Gasteiger partial charge in [-0.05, 0) is 51.4 Å². The Balaban J connectivity index is 1.64. The van der Waals surface area contributed by atoms with Gasteiger partial charge >= 0.3 is 0 Å². The lowest BCUT2D eigenvalue weighted by atomic mass is 9.75. The van der Waals surface area contributed by atoms with Crippen molar-refractivity contribution in [2.24, 2.45) is 10.8 Å². The Hall–Kier alpha value is -1.12. The molecule has 0 aromatic rings. The normalized spacial score (nSPS) is 28.6. The molecule has 1 unspecified atom stereocenters. The van der Waals surface area contributed by atoms with E-state index in [1.807, 2.05) is 4.90 Å². The predicted molar refractivity (Wildman–Crippen MR) is 96.9 cm³/mol. The summed E-state index contributed by atoms with van der Waals surface area (Å²) >= 11 is 0. The number of nitrogens with zero attached hydrogens (tertiary/aromatic N) is 3. The Labute approximate surface area is 152 Å². The molecule has 0 N–H and O–H groups in total. The average molecular weight is 348 g/mol. The molecule has 1 spiro atoms. The SMILES string of the molecule is COCC1CC2(CCN(C(=O)C3(C#N)CCCC3)CC2)CN1C(C)C. The largest absolute Gasteiger partial charge is 0.383 e. The number of ether oxygens (including phenoxy) is 1. The molecule has 1 atom stereocenters. The van der Waals surface area contributed by atoms with Crippen LogP contribution in [0.5, 0.6) is 0 Å². The maximum atomic E-state index is 13.0. The van der Waals surface area contributed by atoms with Gasteiger partial charge < -0.3 is 9.64 Å². The third-order valence-electron chi connectivity index (χ3n) is 6.87. The highest BCUT2D eigenvalue weighted by Gasteiger charge is 2.49. The van der Waals surface area contributed by atoms with Crippen molar-refractivity contribution < 1.29 is 9.53 Å². The number of rotatable bonds is 4. The first-order valence-corrected chi connectivity index (χ1v) is 9.91. The average Bonchev–Trinajstić information content (AvgIpc) is 3.22. The zero-order valence-electron chi connectivity index (χ0n) is 16.1. The quantitative estimate of drug-likeness (QED) is 0.785. The molecule has 5 nitrogen and oxygen atoms in total. The molecule has 0 radical (unpaired) electrons. The molecule has 2 aliphatic heterocycles. The van der Waals surface area contributed by atoms with E-state index in [4.69, 9.17) is 4.74 Å². The molecular formula is C20H33N3O2. The van der Waals surface area contributed by atoms with Gasteiger partial charge in [0.2, 0.25) is 5.91 Å². The fourth-order valence-corrected chi connectivity index (χ4v) is 5.35. The number of methoxy groups -OCH3 is 1. The maximum Gasteiger partial charge on any atom is 0.243 e. The molecule has 140 valence electrons. The zero-order valence-corrected chi connectivity index (χ0v) is 16.1.